The lowest BCUT2D eigenvalue weighted by Crippen LogP contribution is -2.49. The molecule has 6 heteroatoms. The van der Waals surface area contributed by atoms with Crippen molar-refractivity contribution < 1.29 is 9.50 Å². The zero-order chi connectivity index (χ0) is 15.6. The standard InChI is InChI=1S/C14H24BrFN2OSi/c1-5-20(6-2,7-3)10-8-11(15)18-13(12(10)16)14(4,19)9-17/h8,19H,5-7,9,17H2,1-4H3. The van der Waals surface area contributed by atoms with Crippen molar-refractivity contribution in [3.63, 3.8) is 0 Å². The second-order valence-electron chi connectivity index (χ2n) is 5.47. The van der Waals surface area contributed by atoms with Crippen molar-refractivity contribution in [2.24, 2.45) is 5.73 Å². The Kier molecular flexibility index (Phi) is 5.89. The molecule has 0 spiro atoms. The second kappa shape index (κ2) is 6.64. The zero-order valence-electron chi connectivity index (χ0n) is 12.6. The third kappa shape index (κ3) is 3.13. The van der Waals surface area contributed by atoms with E-state index < -0.39 is 13.7 Å². The summed E-state index contributed by atoms with van der Waals surface area (Å²) in [6.07, 6.45) is 0. The van der Waals surface area contributed by atoms with Gasteiger partial charge in [0.05, 0.1) is 8.07 Å². The topological polar surface area (TPSA) is 59.1 Å². The van der Waals surface area contributed by atoms with E-state index in [-0.39, 0.29) is 18.1 Å². The molecule has 0 aliphatic carbocycles. The number of pyridine rings is 1. The number of nitrogens with zero attached hydrogens (tertiary/aromatic N) is 1. The van der Waals surface area contributed by atoms with Crippen LogP contribution in [0.15, 0.2) is 10.7 Å². The highest BCUT2D eigenvalue weighted by atomic mass is 79.9. The first-order valence-corrected chi connectivity index (χ1v) is 10.5. The van der Waals surface area contributed by atoms with Crippen molar-refractivity contribution in [3.05, 3.63) is 22.2 Å². The van der Waals surface area contributed by atoms with Gasteiger partial charge in [-0.05, 0) is 34.1 Å². The number of hydrogen-bond acceptors (Lipinski definition) is 3. The molecule has 0 aromatic carbocycles. The molecule has 1 aromatic heterocycles. The molecule has 114 valence electrons. The van der Waals surface area contributed by atoms with Crippen LogP contribution in [0.5, 0.6) is 0 Å². The molecule has 1 unspecified atom stereocenters. The normalized spacial score (nSPS) is 15.2. The maximum atomic E-state index is 14.9. The number of aromatic nitrogens is 1. The van der Waals surface area contributed by atoms with Crippen LogP contribution < -0.4 is 10.9 Å². The first-order chi connectivity index (χ1) is 9.27. The van der Waals surface area contributed by atoms with Crippen molar-refractivity contribution in [2.45, 2.75) is 51.4 Å². The number of halogens is 2. The summed E-state index contributed by atoms with van der Waals surface area (Å²) in [4.78, 5) is 4.13. The van der Waals surface area contributed by atoms with Crippen molar-refractivity contribution in [3.8, 4) is 0 Å². The lowest BCUT2D eigenvalue weighted by molar-refractivity contribution is 0.0580. The van der Waals surface area contributed by atoms with Gasteiger partial charge in [-0.1, -0.05) is 38.9 Å². The van der Waals surface area contributed by atoms with E-state index in [2.05, 4.69) is 41.7 Å². The summed E-state index contributed by atoms with van der Waals surface area (Å²) in [7, 11) is -1.89. The monoisotopic (exact) mass is 362 g/mol. The number of nitrogens with two attached hydrogens (primary N) is 1. The van der Waals surface area contributed by atoms with E-state index in [1.807, 2.05) is 0 Å². The van der Waals surface area contributed by atoms with E-state index >= 15 is 0 Å². The van der Waals surface area contributed by atoms with Crippen molar-refractivity contribution in [2.75, 3.05) is 6.54 Å². The van der Waals surface area contributed by atoms with Gasteiger partial charge in [-0.2, -0.15) is 0 Å². The highest BCUT2D eigenvalue weighted by Gasteiger charge is 2.37. The highest BCUT2D eigenvalue weighted by Crippen LogP contribution is 2.27. The van der Waals surface area contributed by atoms with Crippen molar-refractivity contribution in [1.29, 1.82) is 0 Å². The Hall–Kier alpha value is -0.303. The predicted octanol–water partition coefficient (Wildman–Crippen LogP) is 2.86. The van der Waals surface area contributed by atoms with Gasteiger partial charge >= 0.3 is 0 Å². The maximum absolute atomic E-state index is 14.9. The van der Waals surface area contributed by atoms with Crippen molar-refractivity contribution in [1.82, 2.24) is 4.98 Å². The SMILES string of the molecule is CC[Si](CC)(CC)c1cc(Br)nc(C(C)(O)CN)c1F. The maximum Gasteiger partial charge on any atom is 0.147 e. The fourth-order valence-corrected chi connectivity index (χ4v) is 6.95. The van der Waals surface area contributed by atoms with Gasteiger partial charge in [-0.3, -0.25) is 0 Å². The summed E-state index contributed by atoms with van der Waals surface area (Å²) >= 11 is 3.34. The Morgan fingerprint density at radius 2 is 1.85 bits per heavy atom. The summed E-state index contributed by atoms with van der Waals surface area (Å²) in [5, 5.41) is 11.0. The Morgan fingerprint density at radius 1 is 1.35 bits per heavy atom. The van der Waals surface area contributed by atoms with Crippen LogP contribution in [0.2, 0.25) is 18.1 Å². The summed E-state index contributed by atoms with van der Waals surface area (Å²) in [5.41, 5.74) is 4.16. The molecule has 3 nitrogen and oxygen atoms in total. The van der Waals surface area contributed by atoms with Crippen LogP contribution in [0.1, 0.15) is 33.4 Å². The van der Waals surface area contributed by atoms with Crippen LogP contribution >= 0.6 is 15.9 Å². The smallest absolute Gasteiger partial charge is 0.147 e. The Balaban J connectivity index is 3.58. The zero-order valence-corrected chi connectivity index (χ0v) is 15.2. The minimum Gasteiger partial charge on any atom is -0.382 e. The van der Waals surface area contributed by atoms with Crippen LogP contribution in [0, 0.1) is 5.82 Å². The number of aliphatic hydroxyl groups is 1. The van der Waals surface area contributed by atoms with Crippen molar-refractivity contribution >= 4 is 29.2 Å². The first-order valence-electron chi connectivity index (χ1n) is 7.07. The van der Waals surface area contributed by atoms with E-state index in [0.717, 1.165) is 23.3 Å². The predicted molar refractivity (Wildman–Crippen MR) is 87.4 cm³/mol. The largest absolute Gasteiger partial charge is 0.382 e. The van der Waals surface area contributed by atoms with E-state index in [0.29, 0.717) is 4.60 Å². The quantitative estimate of drug-likeness (QED) is 0.604. The second-order valence-corrected chi connectivity index (χ2v) is 11.5. The van der Waals surface area contributed by atoms with Gasteiger partial charge in [0.2, 0.25) is 0 Å². The molecule has 1 atom stereocenters. The molecular formula is C14H24BrFN2OSi. The van der Waals surface area contributed by atoms with E-state index in [9.17, 15) is 9.50 Å². The van der Waals surface area contributed by atoms with Crippen LogP contribution in [-0.2, 0) is 5.60 Å². The number of hydrogen-bond donors (Lipinski definition) is 2. The van der Waals surface area contributed by atoms with Crippen LogP contribution in [0.4, 0.5) is 4.39 Å². The molecule has 0 amide bonds. The highest BCUT2D eigenvalue weighted by molar-refractivity contribution is 9.10. The third-order valence-corrected chi connectivity index (χ3v) is 10.4. The van der Waals surface area contributed by atoms with Gasteiger partial charge in [-0.25, -0.2) is 9.37 Å². The summed E-state index contributed by atoms with van der Waals surface area (Å²) in [5.74, 6) is -0.374. The van der Waals surface area contributed by atoms with E-state index in [1.165, 1.54) is 6.92 Å². The molecule has 0 aliphatic rings. The minimum absolute atomic E-state index is 0.0524. The van der Waals surface area contributed by atoms with Gasteiger partial charge in [0.1, 0.15) is 21.7 Å². The van der Waals surface area contributed by atoms with Gasteiger partial charge in [0.15, 0.2) is 0 Å². The average Bonchev–Trinajstić information content (AvgIpc) is 2.44. The summed E-state index contributed by atoms with van der Waals surface area (Å²) < 4.78 is 15.5. The Morgan fingerprint density at radius 3 is 2.25 bits per heavy atom. The Bertz CT molecular complexity index is 470. The van der Waals surface area contributed by atoms with Crippen LogP contribution in [0.25, 0.3) is 0 Å². The van der Waals surface area contributed by atoms with Crippen LogP contribution in [-0.4, -0.2) is 24.7 Å². The van der Waals surface area contributed by atoms with E-state index in [4.69, 9.17) is 5.73 Å². The summed E-state index contributed by atoms with van der Waals surface area (Å²) in [6.45, 7) is 7.79. The first kappa shape index (κ1) is 17.7. The fraction of sp³-hybridized carbons (Fsp3) is 0.643. The molecule has 1 rings (SSSR count). The molecule has 0 aliphatic heterocycles. The molecule has 0 bridgehead atoms. The van der Waals surface area contributed by atoms with Gasteiger partial charge < -0.3 is 10.8 Å². The van der Waals surface area contributed by atoms with Gasteiger partial charge in [0, 0.05) is 6.54 Å². The van der Waals surface area contributed by atoms with Gasteiger partial charge in [-0.15, -0.1) is 0 Å². The molecular weight excluding hydrogens is 339 g/mol. The molecule has 20 heavy (non-hydrogen) atoms. The van der Waals surface area contributed by atoms with E-state index in [1.54, 1.807) is 6.07 Å². The lowest BCUT2D eigenvalue weighted by Gasteiger charge is -2.31. The molecule has 3 N–H and O–H groups in total. The molecule has 1 heterocycles. The third-order valence-electron chi connectivity index (χ3n) is 4.44. The minimum atomic E-state index is -1.89. The number of rotatable bonds is 6. The average molecular weight is 363 g/mol. The lowest BCUT2D eigenvalue weighted by atomic mass is 10.0. The van der Waals surface area contributed by atoms with Crippen LogP contribution in [0.3, 0.4) is 0 Å². The molecule has 1 aromatic rings. The molecule has 0 saturated carbocycles. The summed E-state index contributed by atoms with van der Waals surface area (Å²) in [6, 6.07) is 4.70. The Labute approximate surface area is 129 Å². The molecule has 0 radical (unpaired) electrons. The molecule has 0 saturated heterocycles. The van der Waals surface area contributed by atoms with Gasteiger partial charge in [0.25, 0.3) is 0 Å². The fourth-order valence-electron chi connectivity index (χ4n) is 2.66. The molecule has 0 fully saturated rings.